The normalized spacial score (nSPS) is 18.9. The number of alkyl halides is 2. The molecular formula is C16H24F2N2O. The number of likely N-dealkylation sites (tertiary alicyclic amines) is 1. The van der Waals surface area contributed by atoms with Crippen molar-refractivity contribution in [3.8, 4) is 5.75 Å². The van der Waals surface area contributed by atoms with Crippen LogP contribution in [0.3, 0.4) is 0 Å². The molecule has 1 aliphatic rings. The van der Waals surface area contributed by atoms with E-state index in [1.165, 1.54) is 0 Å². The van der Waals surface area contributed by atoms with Crippen LogP contribution in [-0.2, 0) is 0 Å². The molecule has 21 heavy (non-hydrogen) atoms. The summed E-state index contributed by atoms with van der Waals surface area (Å²) < 4.78 is 29.0. The highest BCUT2D eigenvalue weighted by molar-refractivity contribution is 5.30. The van der Waals surface area contributed by atoms with Gasteiger partial charge in [-0.1, -0.05) is 19.1 Å². The van der Waals surface area contributed by atoms with Crippen LogP contribution in [0.1, 0.15) is 38.3 Å². The van der Waals surface area contributed by atoms with Crippen molar-refractivity contribution >= 4 is 0 Å². The Labute approximate surface area is 125 Å². The highest BCUT2D eigenvalue weighted by Crippen LogP contribution is 2.22. The van der Waals surface area contributed by atoms with Crippen molar-refractivity contribution in [3.05, 3.63) is 29.8 Å². The van der Waals surface area contributed by atoms with E-state index in [-0.39, 0.29) is 11.8 Å². The van der Waals surface area contributed by atoms with E-state index in [2.05, 4.69) is 28.8 Å². The predicted octanol–water partition coefficient (Wildman–Crippen LogP) is 3.42. The van der Waals surface area contributed by atoms with Gasteiger partial charge in [0, 0.05) is 12.1 Å². The third-order valence-corrected chi connectivity index (χ3v) is 4.10. The minimum atomic E-state index is -2.78. The fourth-order valence-corrected chi connectivity index (χ4v) is 2.83. The molecule has 0 saturated carbocycles. The van der Waals surface area contributed by atoms with E-state index >= 15 is 0 Å². The first-order chi connectivity index (χ1) is 10.1. The van der Waals surface area contributed by atoms with Crippen LogP contribution in [0, 0.1) is 0 Å². The number of hydrogen-bond acceptors (Lipinski definition) is 3. The Morgan fingerprint density at radius 2 is 2.05 bits per heavy atom. The van der Waals surface area contributed by atoms with E-state index in [0.29, 0.717) is 6.04 Å². The molecule has 0 aromatic heterocycles. The van der Waals surface area contributed by atoms with E-state index in [4.69, 9.17) is 0 Å². The van der Waals surface area contributed by atoms with Crippen molar-refractivity contribution in [1.82, 2.24) is 10.2 Å². The van der Waals surface area contributed by atoms with Crippen LogP contribution in [-0.4, -0.2) is 37.2 Å². The summed E-state index contributed by atoms with van der Waals surface area (Å²) in [4.78, 5) is 2.44. The van der Waals surface area contributed by atoms with Crippen LogP contribution in [0.2, 0.25) is 0 Å². The topological polar surface area (TPSA) is 24.5 Å². The monoisotopic (exact) mass is 298 g/mol. The summed E-state index contributed by atoms with van der Waals surface area (Å²) in [5.41, 5.74) is 0.978. The first-order valence-corrected chi connectivity index (χ1v) is 7.61. The maximum absolute atomic E-state index is 12.3. The maximum Gasteiger partial charge on any atom is 0.387 e. The molecular weight excluding hydrogens is 274 g/mol. The van der Waals surface area contributed by atoms with E-state index in [1.54, 1.807) is 18.2 Å². The van der Waals surface area contributed by atoms with Gasteiger partial charge in [0.15, 0.2) is 0 Å². The molecule has 1 aromatic rings. The van der Waals surface area contributed by atoms with Gasteiger partial charge in [0.25, 0.3) is 0 Å². The third kappa shape index (κ3) is 4.93. The molecule has 1 aromatic carbocycles. The van der Waals surface area contributed by atoms with Gasteiger partial charge < -0.3 is 15.0 Å². The minimum Gasteiger partial charge on any atom is -0.435 e. The Morgan fingerprint density at radius 3 is 2.67 bits per heavy atom. The van der Waals surface area contributed by atoms with Crippen LogP contribution < -0.4 is 10.1 Å². The molecule has 1 N–H and O–H groups in total. The molecule has 5 heteroatoms. The van der Waals surface area contributed by atoms with Gasteiger partial charge in [-0.15, -0.1) is 0 Å². The Hall–Kier alpha value is -1.20. The van der Waals surface area contributed by atoms with Crippen LogP contribution >= 0.6 is 0 Å². The van der Waals surface area contributed by atoms with Crippen molar-refractivity contribution in [2.75, 3.05) is 19.6 Å². The average molecular weight is 298 g/mol. The van der Waals surface area contributed by atoms with Crippen LogP contribution in [0.4, 0.5) is 8.78 Å². The van der Waals surface area contributed by atoms with Crippen LogP contribution in [0.15, 0.2) is 24.3 Å². The maximum atomic E-state index is 12.3. The zero-order valence-corrected chi connectivity index (χ0v) is 12.7. The van der Waals surface area contributed by atoms with Crippen molar-refractivity contribution in [3.63, 3.8) is 0 Å². The van der Waals surface area contributed by atoms with Crippen molar-refractivity contribution in [1.29, 1.82) is 0 Å². The number of nitrogens with zero attached hydrogens (tertiary/aromatic N) is 1. The van der Waals surface area contributed by atoms with Gasteiger partial charge in [0.1, 0.15) is 5.75 Å². The first-order valence-electron chi connectivity index (χ1n) is 7.61. The predicted molar refractivity (Wildman–Crippen MR) is 79.8 cm³/mol. The van der Waals surface area contributed by atoms with E-state index in [0.717, 1.165) is 38.0 Å². The molecule has 3 nitrogen and oxygen atoms in total. The Morgan fingerprint density at radius 1 is 1.33 bits per heavy atom. The highest BCUT2D eigenvalue weighted by Gasteiger charge is 2.20. The first kappa shape index (κ1) is 16.2. The molecule has 118 valence electrons. The SMILES string of the molecule is CCN1CCC(NC(C)c2cccc(OC(F)F)c2)CC1. The summed E-state index contributed by atoms with van der Waals surface area (Å²) in [5, 5.41) is 3.59. The van der Waals surface area contributed by atoms with Crippen molar-refractivity contribution < 1.29 is 13.5 Å². The van der Waals surface area contributed by atoms with Gasteiger partial charge in [0.2, 0.25) is 0 Å². The zero-order valence-electron chi connectivity index (χ0n) is 12.7. The Bertz CT molecular complexity index is 434. The molecule has 1 heterocycles. The summed E-state index contributed by atoms with van der Waals surface area (Å²) in [7, 11) is 0. The number of piperidine rings is 1. The molecule has 0 spiro atoms. The summed E-state index contributed by atoms with van der Waals surface area (Å²) in [5.74, 6) is 0.219. The van der Waals surface area contributed by atoms with Crippen molar-refractivity contribution in [2.24, 2.45) is 0 Å². The fraction of sp³-hybridized carbons (Fsp3) is 0.625. The number of hydrogen-bond donors (Lipinski definition) is 1. The lowest BCUT2D eigenvalue weighted by atomic mass is 10.0. The van der Waals surface area contributed by atoms with Gasteiger partial charge in [0.05, 0.1) is 0 Å². The summed E-state index contributed by atoms with van der Waals surface area (Å²) >= 11 is 0. The number of ether oxygens (including phenoxy) is 1. The van der Waals surface area contributed by atoms with Gasteiger partial charge in [-0.2, -0.15) is 8.78 Å². The third-order valence-electron chi connectivity index (χ3n) is 4.10. The molecule has 0 radical (unpaired) electrons. The van der Waals surface area contributed by atoms with E-state index < -0.39 is 6.61 Å². The highest BCUT2D eigenvalue weighted by atomic mass is 19.3. The van der Waals surface area contributed by atoms with Gasteiger partial charge >= 0.3 is 6.61 Å². The minimum absolute atomic E-state index is 0.129. The number of rotatable bonds is 6. The van der Waals surface area contributed by atoms with Gasteiger partial charge in [-0.3, -0.25) is 0 Å². The largest absolute Gasteiger partial charge is 0.435 e. The summed E-state index contributed by atoms with van der Waals surface area (Å²) in [6.07, 6.45) is 2.26. The Balaban J connectivity index is 1.89. The van der Waals surface area contributed by atoms with Crippen LogP contribution in [0.25, 0.3) is 0 Å². The molecule has 1 aliphatic heterocycles. The van der Waals surface area contributed by atoms with E-state index in [9.17, 15) is 8.78 Å². The van der Waals surface area contributed by atoms with Crippen LogP contribution in [0.5, 0.6) is 5.75 Å². The molecule has 0 aliphatic carbocycles. The molecule has 0 bridgehead atoms. The standard InChI is InChI=1S/C16H24F2N2O/c1-3-20-9-7-14(8-10-20)19-12(2)13-5-4-6-15(11-13)21-16(17)18/h4-6,11-12,14,16,19H,3,7-10H2,1-2H3. The zero-order chi connectivity index (χ0) is 15.2. The summed E-state index contributed by atoms with van der Waals surface area (Å²) in [6, 6.07) is 7.56. The second-order valence-corrected chi connectivity index (χ2v) is 5.55. The Kier molecular flexibility index (Phi) is 5.94. The number of halogens is 2. The van der Waals surface area contributed by atoms with E-state index in [1.807, 2.05) is 6.07 Å². The number of benzene rings is 1. The lowest BCUT2D eigenvalue weighted by molar-refractivity contribution is -0.0499. The molecule has 1 saturated heterocycles. The number of nitrogens with one attached hydrogen (secondary N) is 1. The molecule has 2 rings (SSSR count). The molecule has 1 unspecified atom stereocenters. The smallest absolute Gasteiger partial charge is 0.387 e. The van der Waals surface area contributed by atoms with Crippen molar-refractivity contribution in [2.45, 2.75) is 45.4 Å². The summed E-state index contributed by atoms with van der Waals surface area (Å²) in [6.45, 7) is 4.82. The quantitative estimate of drug-likeness (QED) is 0.871. The van der Waals surface area contributed by atoms with Gasteiger partial charge in [-0.25, -0.2) is 0 Å². The lowest BCUT2D eigenvalue weighted by Crippen LogP contribution is -2.43. The molecule has 1 fully saturated rings. The van der Waals surface area contributed by atoms with Gasteiger partial charge in [-0.05, 0) is 57.1 Å². The second kappa shape index (κ2) is 7.71. The molecule has 0 amide bonds. The second-order valence-electron chi connectivity index (χ2n) is 5.55. The lowest BCUT2D eigenvalue weighted by Gasteiger charge is -2.33. The average Bonchev–Trinajstić information content (AvgIpc) is 2.47. The fourth-order valence-electron chi connectivity index (χ4n) is 2.83. The molecule has 1 atom stereocenters.